The van der Waals surface area contributed by atoms with Gasteiger partial charge in [0.15, 0.2) is 0 Å². The van der Waals surface area contributed by atoms with Gasteiger partial charge in [-0.15, -0.1) is 24.8 Å². The predicted octanol–water partition coefficient (Wildman–Crippen LogP) is 1.27. The topological polar surface area (TPSA) is 55.1 Å². The van der Waals surface area contributed by atoms with E-state index in [-0.39, 0.29) is 30.7 Å². The van der Waals surface area contributed by atoms with Crippen LogP contribution < -0.4 is 11.1 Å². The van der Waals surface area contributed by atoms with Gasteiger partial charge in [0.2, 0.25) is 5.91 Å². The van der Waals surface area contributed by atoms with Crippen molar-refractivity contribution in [1.82, 2.24) is 5.32 Å². The lowest BCUT2D eigenvalue weighted by molar-refractivity contribution is 0.0999. The standard InChI is InChI=1S/C10H12N2O.2ClH/c11-10(13)8-3-1-2-7-4-5-12-6-9(7)8;;/h1-3,12H,4-6H2,(H2,11,13);2*1H. The third-order valence-corrected chi connectivity index (χ3v) is 2.41. The summed E-state index contributed by atoms with van der Waals surface area (Å²) in [5, 5.41) is 3.23. The Kier molecular flexibility index (Phi) is 5.65. The van der Waals surface area contributed by atoms with E-state index in [1.165, 1.54) is 5.56 Å². The molecule has 1 amide bonds. The van der Waals surface area contributed by atoms with E-state index in [9.17, 15) is 4.79 Å². The van der Waals surface area contributed by atoms with Crippen molar-refractivity contribution in [1.29, 1.82) is 0 Å². The van der Waals surface area contributed by atoms with Crippen LogP contribution in [0.3, 0.4) is 0 Å². The van der Waals surface area contributed by atoms with E-state index >= 15 is 0 Å². The molecule has 1 aliphatic heterocycles. The maximum atomic E-state index is 11.1. The SMILES string of the molecule is Cl.Cl.NC(=O)c1cccc2c1CNCC2. The first-order valence-corrected chi connectivity index (χ1v) is 4.40. The number of rotatable bonds is 1. The van der Waals surface area contributed by atoms with Crippen LogP contribution in [0.2, 0.25) is 0 Å². The molecule has 0 fully saturated rings. The van der Waals surface area contributed by atoms with Gasteiger partial charge < -0.3 is 11.1 Å². The van der Waals surface area contributed by atoms with Gasteiger partial charge in [0, 0.05) is 12.1 Å². The van der Waals surface area contributed by atoms with Crippen LogP contribution in [-0.2, 0) is 13.0 Å². The summed E-state index contributed by atoms with van der Waals surface area (Å²) in [5.41, 5.74) is 8.24. The zero-order valence-corrected chi connectivity index (χ0v) is 9.79. The summed E-state index contributed by atoms with van der Waals surface area (Å²) in [6.45, 7) is 1.74. The molecule has 1 aliphatic rings. The van der Waals surface area contributed by atoms with Gasteiger partial charge in [0.25, 0.3) is 0 Å². The number of hydrogen-bond donors (Lipinski definition) is 2. The third-order valence-electron chi connectivity index (χ3n) is 2.41. The fraction of sp³-hybridized carbons (Fsp3) is 0.300. The Morgan fingerprint density at radius 1 is 1.33 bits per heavy atom. The van der Waals surface area contributed by atoms with Crippen LogP contribution in [-0.4, -0.2) is 12.5 Å². The minimum Gasteiger partial charge on any atom is -0.366 e. The summed E-state index contributed by atoms with van der Waals surface area (Å²) < 4.78 is 0. The molecule has 3 N–H and O–H groups in total. The summed E-state index contributed by atoms with van der Waals surface area (Å²) in [6, 6.07) is 5.74. The molecule has 0 unspecified atom stereocenters. The highest BCUT2D eigenvalue weighted by Crippen LogP contribution is 2.17. The number of halogens is 2. The van der Waals surface area contributed by atoms with Crippen LogP contribution >= 0.6 is 24.8 Å². The second kappa shape index (κ2) is 5.95. The van der Waals surface area contributed by atoms with Crippen LogP contribution in [0.25, 0.3) is 0 Å². The highest BCUT2D eigenvalue weighted by atomic mass is 35.5. The highest BCUT2D eigenvalue weighted by molar-refractivity contribution is 5.94. The number of nitrogens with two attached hydrogens (primary N) is 1. The summed E-state index contributed by atoms with van der Waals surface area (Å²) in [6.07, 6.45) is 0.983. The molecule has 2 rings (SSSR count). The summed E-state index contributed by atoms with van der Waals surface area (Å²) in [5.74, 6) is -0.333. The van der Waals surface area contributed by atoms with Crippen molar-refractivity contribution in [2.75, 3.05) is 6.54 Å². The first kappa shape index (κ1) is 14.2. The Bertz CT molecular complexity index is 355. The first-order chi connectivity index (χ1) is 6.29. The molecule has 0 saturated heterocycles. The second-order valence-electron chi connectivity index (χ2n) is 3.23. The van der Waals surface area contributed by atoms with Gasteiger partial charge >= 0.3 is 0 Å². The molecule has 0 radical (unpaired) electrons. The van der Waals surface area contributed by atoms with Crippen molar-refractivity contribution in [3.63, 3.8) is 0 Å². The van der Waals surface area contributed by atoms with E-state index < -0.39 is 0 Å². The Morgan fingerprint density at radius 3 is 2.73 bits per heavy atom. The van der Waals surface area contributed by atoms with E-state index in [4.69, 9.17) is 5.73 Å². The molecule has 0 saturated carbocycles. The Morgan fingerprint density at radius 2 is 2.07 bits per heavy atom. The van der Waals surface area contributed by atoms with Gasteiger partial charge in [-0.2, -0.15) is 0 Å². The number of carbonyl (C=O) groups excluding carboxylic acids is 1. The number of amides is 1. The van der Waals surface area contributed by atoms with Crippen molar-refractivity contribution in [3.8, 4) is 0 Å². The number of hydrogen-bond acceptors (Lipinski definition) is 2. The molecule has 0 aliphatic carbocycles. The number of carbonyl (C=O) groups is 1. The predicted molar refractivity (Wildman–Crippen MR) is 64.9 cm³/mol. The van der Waals surface area contributed by atoms with Crippen LogP contribution in [0.1, 0.15) is 21.5 Å². The highest BCUT2D eigenvalue weighted by Gasteiger charge is 2.14. The molecule has 84 valence electrons. The number of fused-ring (bicyclic) bond motifs is 1. The van der Waals surface area contributed by atoms with Crippen LogP contribution in [0.5, 0.6) is 0 Å². The maximum absolute atomic E-state index is 11.1. The molecule has 0 spiro atoms. The van der Waals surface area contributed by atoms with Crippen LogP contribution in [0.15, 0.2) is 18.2 Å². The minimum absolute atomic E-state index is 0. The Balaban J connectivity index is 0.000000980. The summed E-state index contributed by atoms with van der Waals surface area (Å²) in [4.78, 5) is 11.1. The van der Waals surface area contributed by atoms with Crippen LogP contribution in [0.4, 0.5) is 0 Å². The quantitative estimate of drug-likeness (QED) is 0.787. The van der Waals surface area contributed by atoms with E-state index in [0.29, 0.717) is 5.56 Å². The van der Waals surface area contributed by atoms with Gasteiger partial charge in [-0.3, -0.25) is 4.79 Å². The van der Waals surface area contributed by atoms with Gasteiger partial charge in [0.1, 0.15) is 0 Å². The molecular formula is C10H14Cl2N2O. The largest absolute Gasteiger partial charge is 0.366 e. The van der Waals surface area contributed by atoms with Gasteiger partial charge in [-0.05, 0) is 30.2 Å². The normalized spacial score (nSPS) is 13.1. The molecule has 0 aromatic heterocycles. The fourth-order valence-corrected chi connectivity index (χ4v) is 1.74. The minimum atomic E-state index is -0.333. The van der Waals surface area contributed by atoms with E-state index in [0.717, 1.165) is 25.1 Å². The summed E-state index contributed by atoms with van der Waals surface area (Å²) >= 11 is 0. The molecule has 5 heteroatoms. The molecule has 1 aromatic rings. The molecule has 0 atom stereocenters. The smallest absolute Gasteiger partial charge is 0.249 e. The lowest BCUT2D eigenvalue weighted by Crippen LogP contribution is -2.27. The van der Waals surface area contributed by atoms with E-state index in [2.05, 4.69) is 11.4 Å². The van der Waals surface area contributed by atoms with E-state index in [1.807, 2.05) is 6.07 Å². The molecule has 0 bridgehead atoms. The van der Waals surface area contributed by atoms with Crippen molar-refractivity contribution in [2.24, 2.45) is 5.73 Å². The maximum Gasteiger partial charge on any atom is 0.249 e. The monoisotopic (exact) mass is 248 g/mol. The first-order valence-electron chi connectivity index (χ1n) is 4.40. The third kappa shape index (κ3) is 2.84. The average molecular weight is 249 g/mol. The lowest BCUT2D eigenvalue weighted by Gasteiger charge is -2.18. The Hall–Kier alpha value is -0.770. The van der Waals surface area contributed by atoms with Gasteiger partial charge in [0.05, 0.1) is 0 Å². The van der Waals surface area contributed by atoms with Crippen molar-refractivity contribution < 1.29 is 4.79 Å². The van der Waals surface area contributed by atoms with Crippen molar-refractivity contribution >= 4 is 30.7 Å². The molecule has 3 nitrogen and oxygen atoms in total. The number of nitrogens with one attached hydrogen (secondary N) is 1. The summed E-state index contributed by atoms with van der Waals surface area (Å²) in [7, 11) is 0. The number of benzene rings is 1. The zero-order chi connectivity index (χ0) is 9.26. The molecule has 1 aromatic carbocycles. The van der Waals surface area contributed by atoms with Crippen LogP contribution in [0, 0.1) is 0 Å². The van der Waals surface area contributed by atoms with Crippen molar-refractivity contribution in [3.05, 3.63) is 34.9 Å². The molecule has 15 heavy (non-hydrogen) atoms. The number of primary amides is 1. The Labute approximate surface area is 101 Å². The van der Waals surface area contributed by atoms with E-state index in [1.54, 1.807) is 6.07 Å². The van der Waals surface area contributed by atoms with Crippen molar-refractivity contribution in [2.45, 2.75) is 13.0 Å². The molecule has 1 heterocycles. The second-order valence-corrected chi connectivity index (χ2v) is 3.23. The lowest BCUT2D eigenvalue weighted by atomic mass is 9.96. The molecular weight excluding hydrogens is 235 g/mol. The zero-order valence-electron chi connectivity index (χ0n) is 8.16. The fourth-order valence-electron chi connectivity index (χ4n) is 1.74. The van der Waals surface area contributed by atoms with Gasteiger partial charge in [-0.1, -0.05) is 12.1 Å². The average Bonchev–Trinajstić information content (AvgIpc) is 2.17. The van der Waals surface area contributed by atoms with Gasteiger partial charge in [-0.25, -0.2) is 0 Å².